The first-order chi connectivity index (χ1) is 8.97. The van der Waals surface area contributed by atoms with Crippen molar-refractivity contribution in [3.63, 3.8) is 0 Å². The predicted molar refractivity (Wildman–Crippen MR) is 78.1 cm³/mol. The number of anilines is 1. The maximum absolute atomic E-state index is 12.1. The van der Waals surface area contributed by atoms with Gasteiger partial charge in [0.25, 0.3) is 10.0 Å². The van der Waals surface area contributed by atoms with Crippen molar-refractivity contribution >= 4 is 33.2 Å². The highest BCUT2D eigenvalue weighted by molar-refractivity contribution is 7.89. The molecular weight excluding hydrogens is 262 g/mol. The van der Waals surface area contributed by atoms with Gasteiger partial charge in [-0.1, -0.05) is 24.3 Å². The number of hydrogen-bond donors (Lipinski definition) is 1. The summed E-state index contributed by atoms with van der Waals surface area (Å²) in [6.45, 7) is 3.15. The summed E-state index contributed by atoms with van der Waals surface area (Å²) in [5.74, 6) is 0. The zero-order valence-corrected chi connectivity index (χ0v) is 11.6. The zero-order chi connectivity index (χ0) is 14.0. The first kappa shape index (κ1) is 13.4. The van der Waals surface area contributed by atoms with Gasteiger partial charge in [0, 0.05) is 37.3 Å². The van der Waals surface area contributed by atoms with Crippen molar-refractivity contribution in [3.05, 3.63) is 36.4 Å². The average molecular weight is 277 g/mol. The molecule has 0 atom stereocenters. The van der Waals surface area contributed by atoms with Gasteiger partial charge in [0.15, 0.2) is 0 Å². The number of nitrogens with zero attached hydrogens (tertiary/aromatic N) is 2. The number of hydrogen-bond acceptors (Lipinski definition) is 4. The van der Waals surface area contributed by atoms with Crippen molar-refractivity contribution in [1.82, 2.24) is 4.83 Å². The fourth-order valence-corrected chi connectivity index (χ4v) is 3.02. The van der Waals surface area contributed by atoms with Crippen LogP contribution in [-0.2, 0) is 10.0 Å². The van der Waals surface area contributed by atoms with E-state index < -0.39 is 10.0 Å². The van der Waals surface area contributed by atoms with Gasteiger partial charge in [0.1, 0.15) is 0 Å². The summed E-state index contributed by atoms with van der Waals surface area (Å²) in [6.07, 6.45) is 0. The Morgan fingerprint density at radius 3 is 2.37 bits per heavy atom. The van der Waals surface area contributed by atoms with Crippen molar-refractivity contribution in [3.8, 4) is 0 Å². The summed E-state index contributed by atoms with van der Waals surface area (Å²) in [7, 11) is 0.155. The van der Waals surface area contributed by atoms with Crippen LogP contribution in [0, 0.1) is 0 Å². The number of fused-ring (bicyclic) bond motifs is 1. The number of rotatable bonds is 4. The Morgan fingerprint density at radius 2 is 1.74 bits per heavy atom. The smallest absolute Gasteiger partial charge is 0.277 e. The van der Waals surface area contributed by atoms with Gasteiger partial charge in [-0.2, -0.15) is 13.5 Å². The minimum atomic E-state index is -3.68. The van der Waals surface area contributed by atoms with Crippen LogP contribution in [-0.4, -0.2) is 29.2 Å². The molecule has 1 N–H and O–H groups in total. The van der Waals surface area contributed by atoms with E-state index in [1.807, 2.05) is 37.2 Å². The van der Waals surface area contributed by atoms with E-state index in [1.165, 1.54) is 0 Å². The largest absolute Gasteiger partial charge is 0.377 e. The third kappa shape index (κ3) is 2.39. The van der Waals surface area contributed by atoms with Crippen LogP contribution < -0.4 is 9.73 Å². The van der Waals surface area contributed by atoms with Crippen LogP contribution in [0.1, 0.15) is 0 Å². The lowest BCUT2D eigenvalue weighted by Crippen LogP contribution is -2.18. The van der Waals surface area contributed by atoms with E-state index >= 15 is 0 Å². The van der Waals surface area contributed by atoms with E-state index in [-0.39, 0.29) is 4.90 Å². The van der Waals surface area contributed by atoms with Gasteiger partial charge in [-0.15, -0.1) is 0 Å². The van der Waals surface area contributed by atoms with Crippen LogP contribution in [0.4, 0.5) is 5.69 Å². The van der Waals surface area contributed by atoms with Gasteiger partial charge in [-0.3, -0.25) is 0 Å². The van der Waals surface area contributed by atoms with Gasteiger partial charge < -0.3 is 4.90 Å². The molecule has 0 bridgehead atoms. The molecule has 0 saturated heterocycles. The molecule has 6 heteroatoms. The van der Waals surface area contributed by atoms with Crippen LogP contribution in [0.5, 0.6) is 0 Å². The van der Waals surface area contributed by atoms with Crippen molar-refractivity contribution in [1.29, 1.82) is 0 Å². The van der Waals surface area contributed by atoms with Gasteiger partial charge in [-0.05, 0) is 12.1 Å². The summed E-state index contributed by atoms with van der Waals surface area (Å²) in [5.41, 5.74) is 0.959. The SMILES string of the molecule is C=NNS(=O)(=O)c1cccc2c(N(C)C)cccc12. The Morgan fingerprint density at radius 1 is 1.11 bits per heavy atom. The fourth-order valence-electron chi connectivity index (χ4n) is 2.02. The molecule has 5 nitrogen and oxygen atoms in total. The summed E-state index contributed by atoms with van der Waals surface area (Å²) in [4.78, 5) is 4.19. The number of hydrazone groups is 1. The maximum Gasteiger partial charge on any atom is 0.277 e. The molecular formula is C13H15N3O2S. The molecule has 0 aliphatic heterocycles. The molecule has 0 aliphatic rings. The number of benzene rings is 2. The zero-order valence-electron chi connectivity index (χ0n) is 10.8. The van der Waals surface area contributed by atoms with Crippen LogP contribution in [0.25, 0.3) is 10.8 Å². The molecule has 0 fully saturated rings. The lowest BCUT2D eigenvalue weighted by Gasteiger charge is -2.16. The summed E-state index contributed by atoms with van der Waals surface area (Å²) in [5, 5.41) is 4.78. The van der Waals surface area contributed by atoms with Crippen LogP contribution >= 0.6 is 0 Å². The molecule has 0 heterocycles. The molecule has 2 aromatic rings. The molecule has 100 valence electrons. The van der Waals surface area contributed by atoms with Gasteiger partial charge in [0.2, 0.25) is 0 Å². The highest BCUT2D eigenvalue weighted by atomic mass is 32.2. The molecule has 0 unspecified atom stereocenters. The Hall–Kier alpha value is -2.08. The van der Waals surface area contributed by atoms with Crippen LogP contribution in [0.15, 0.2) is 46.4 Å². The molecule has 0 aromatic heterocycles. The monoisotopic (exact) mass is 277 g/mol. The number of nitrogens with one attached hydrogen (secondary N) is 1. The van der Waals surface area contributed by atoms with Crippen molar-refractivity contribution in [2.45, 2.75) is 4.90 Å². The van der Waals surface area contributed by atoms with E-state index in [1.54, 1.807) is 18.2 Å². The molecule has 0 aliphatic carbocycles. The van der Waals surface area contributed by atoms with Crippen LogP contribution in [0.3, 0.4) is 0 Å². The molecule has 0 spiro atoms. The Balaban J connectivity index is 2.79. The second kappa shape index (κ2) is 4.89. The minimum absolute atomic E-state index is 0.195. The van der Waals surface area contributed by atoms with Gasteiger partial charge in [0.05, 0.1) is 4.90 Å². The van der Waals surface area contributed by atoms with E-state index in [9.17, 15) is 8.42 Å². The second-order valence-electron chi connectivity index (χ2n) is 4.28. The average Bonchev–Trinajstić information content (AvgIpc) is 2.37. The Kier molecular flexibility index (Phi) is 3.44. The topological polar surface area (TPSA) is 61.8 Å². The summed E-state index contributed by atoms with van der Waals surface area (Å²) >= 11 is 0. The molecule has 2 aromatic carbocycles. The first-order valence-electron chi connectivity index (χ1n) is 5.64. The molecule has 0 radical (unpaired) electrons. The van der Waals surface area contributed by atoms with E-state index in [0.29, 0.717) is 5.39 Å². The number of sulfonamides is 1. The molecule has 0 saturated carbocycles. The summed E-state index contributed by atoms with van der Waals surface area (Å²) < 4.78 is 24.1. The molecule has 0 amide bonds. The summed E-state index contributed by atoms with van der Waals surface area (Å²) in [6, 6.07) is 10.7. The Labute approximate surface area is 112 Å². The molecule has 19 heavy (non-hydrogen) atoms. The Bertz CT molecular complexity index is 724. The predicted octanol–water partition coefficient (Wildman–Crippen LogP) is 1.80. The van der Waals surface area contributed by atoms with Gasteiger partial charge in [-0.25, -0.2) is 4.83 Å². The van der Waals surface area contributed by atoms with Gasteiger partial charge >= 0.3 is 0 Å². The van der Waals surface area contributed by atoms with Crippen LogP contribution in [0.2, 0.25) is 0 Å². The quantitative estimate of drug-likeness (QED) is 0.684. The third-order valence-corrected chi connectivity index (χ3v) is 4.12. The maximum atomic E-state index is 12.1. The third-order valence-electron chi connectivity index (χ3n) is 2.82. The van der Waals surface area contributed by atoms with E-state index in [2.05, 4.69) is 16.7 Å². The van der Waals surface area contributed by atoms with Crippen molar-refractivity contribution in [2.24, 2.45) is 5.10 Å². The first-order valence-corrected chi connectivity index (χ1v) is 7.12. The van der Waals surface area contributed by atoms with E-state index in [0.717, 1.165) is 11.1 Å². The lowest BCUT2D eigenvalue weighted by atomic mass is 10.1. The fraction of sp³-hybridized carbons (Fsp3) is 0.154. The second-order valence-corrected chi connectivity index (χ2v) is 5.90. The van der Waals surface area contributed by atoms with Crippen molar-refractivity contribution in [2.75, 3.05) is 19.0 Å². The van der Waals surface area contributed by atoms with E-state index in [4.69, 9.17) is 0 Å². The standard InChI is InChI=1S/C13H15N3O2S/c1-14-15-19(17,18)13-9-5-6-10-11(13)7-4-8-12(10)16(2)3/h4-9,15H,1H2,2-3H3. The normalized spacial score (nSPS) is 11.3. The highest BCUT2D eigenvalue weighted by Gasteiger charge is 2.17. The molecule has 2 rings (SSSR count). The minimum Gasteiger partial charge on any atom is -0.377 e. The highest BCUT2D eigenvalue weighted by Crippen LogP contribution is 2.29. The lowest BCUT2D eigenvalue weighted by molar-refractivity contribution is 0.586. The van der Waals surface area contributed by atoms with Crippen molar-refractivity contribution < 1.29 is 8.42 Å².